The minimum absolute atomic E-state index is 0.202. The molecule has 14 heavy (non-hydrogen) atoms. The van der Waals surface area contributed by atoms with E-state index in [0.29, 0.717) is 6.54 Å². The van der Waals surface area contributed by atoms with Crippen LogP contribution >= 0.6 is 0 Å². The molecule has 0 radical (unpaired) electrons. The van der Waals surface area contributed by atoms with E-state index in [9.17, 15) is 4.79 Å². The number of aromatic nitrogens is 2. The van der Waals surface area contributed by atoms with Crippen molar-refractivity contribution >= 4 is 5.97 Å². The van der Waals surface area contributed by atoms with Crippen molar-refractivity contribution in [1.29, 1.82) is 0 Å². The van der Waals surface area contributed by atoms with Gasteiger partial charge in [0, 0.05) is 6.20 Å². The summed E-state index contributed by atoms with van der Waals surface area (Å²) >= 11 is 0. The van der Waals surface area contributed by atoms with Crippen LogP contribution in [0, 0.1) is 0 Å². The van der Waals surface area contributed by atoms with Gasteiger partial charge in [0.1, 0.15) is 0 Å². The average Bonchev–Trinajstić information content (AvgIpc) is 2.63. The maximum Gasteiger partial charge on any atom is 0.338 e. The lowest BCUT2D eigenvalue weighted by molar-refractivity contribution is 0.0696. The van der Waals surface area contributed by atoms with Gasteiger partial charge in [0.2, 0.25) is 0 Å². The van der Waals surface area contributed by atoms with E-state index < -0.39 is 5.97 Å². The molecule has 5 heteroatoms. The Morgan fingerprint density at radius 2 is 2.50 bits per heavy atom. The molecule has 1 heterocycles. The van der Waals surface area contributed by atoms with E-state index in [-0.39, 0.29) is 11.6 Å². The fourth-order valence-corrected chi connectivity index (χ4v) is 1.36. The highest BCUT2D eigenvalue weighted by Crippen LogP contribution is 2.14. The average molecular weight is 197 g/mol. The Morgan fingerprint density at radius 1 is 1.79 bits per heavy atom. The van der Waals surface area contributed by atoms with Crippen LogP contribution in [0.25, 0.3) is 0 Å². The van der Waals surface area contributed by atoms with Crippen molar-refractivity contribution in [3.63, 3.8) is 0 Å². The van der Waals surface area contributed by atoms with Crippen LogP contribution in [0.15, 0.2) is 12.4 Å². The topological polar surface area (TPSA) is 81.1 Å². The van der Waals surface area contributed by atoms with Crippen LogP contribution in [0.3, 0.4) is 0 Å². The number of nitrogens with zero attached hydrogens (tertiary/aromatic N) is 2. The zero-order valence-corrected chi connectivity index (χ0v) is 8.18. The Hall–Kier alpha value is -1.36. The second kappa shape index (κ2) is 4.76. The summed E-state index contributed by atoms with van der Waals surface area (Å²) < 4.78 is 1.68. The lowest BCUT2D eigenvalue weighted by Crippen LogP contribution is -2.13. The first-order valence-corrected chi connectivity index (χ1v) is 4.66. The highest BCUT2D eigenvalue weighted by Gasteiger charge is 2.11. The molecular weight excluding hydrogens is 182 g/mol. The molecule has 0 aliphatic heterocycles. The van der Waals surface area contributed by atoms with Crippen LogP contribution in [-0.4, -0.2) is 27.4 Å². The quantitative estimate of drug-likeness (QED) is 0.734. The number of carboxylic acids is 1. The summed E-state index contributed by atoms with van der Waals surface area (Å²) in [6, 6.07) is 0.202. The lowest BCUT2D eigenvalue weighted by Gasteiger charge is -2.13. The van der Waals surface area contributed by atoms with Crippen LogP contribution in [0.5, 0.6) is 0 Å². The zero-order chi connectivity index (χ0) is 10.6. The number of carboxylic acid groups (broad SMARTS) is 1. The van der Waals surface area contributed by atoms with Gasteiger partial charge in [-0.25, -0.2) is 4.79 Å². The third-order valence-corrected chi connectivity index (χ3v) is 2.19. The second-order valence-corrected chi connectivity index (χ2v) is 3.15. The highest BCUT2D eigenvalue weighted by atomic mass is 16.4. The monoisotopic (exact) mass is 197 g/mol. The molecule has 1 aromatic heterocycles. The molecule has 1 atom stereocenters. The summed E-state index contributed by atoms with van der Waals surface area (Å²) in [4.78, 5) is 10.6. The first kappa shape index (κ1) is 10.7. The maximum absolute atomic E-state index is 10.6. The fraction of sp³-hybridized carbons (Fsp3) is 0.556. The third kappa shape index (κ3) is 2.32. The maximum atomic E-state index is 10.6. The van der Waals surface area contributed by atoms with Crippen molar-refractivity contribution in [1.82, 2.24) is 9.78 Å². The predicted octanol–water partition coefficient (Wildman–Crippen LogP) is 0.881. The summed E-state index contributed by atoms with van der Waals surface area (Å²) in [7, 11) is 0. The number of hydrogen-bond acceptors (Lipinski definition) is 3. The van der Waals surface area contributed by atoms with Crippen molar-refractivity contribution in [3.8, 4) is 0 Å². The van der Waals surface area contributed by atoms with Gasteiger partial charge in [0.15, 0.2) is 0 Å². The minimum Gasteiger partial charge on any atom is -0.478 e. The van der Waals surface area contributed by atoms with E-state index in [1.165, 1.54) is 6.20 Å². The zero-order valence-electron chi connectivity index (χ0n) is 8.18. The summed E-state index contributed by atoms with van der Waals surface area (Å²) in [5.74, 6) is -0.946. The smallest absolute Gasteiger partial charge is 0.338 e. The molecule has 0 aliphatic rings. The molecule has 0 saturated heterocycles. The molecule has 78 valence electrons. The molecule has 0 spiro atoms. The van der Waals surface area contributed by atoms with Gasteiger partial charge in [-0.3, -0.25) is 4.68 Å². The van der Waals surface area contributed by atoms with Crippen LogP contribution < -0.4 is 5.73 Å². The molecule has 5 nitrogen and oxygen atoms in total. The van der Waals surface area contributed by atoms with Crippen molar-refractivity contribution in [3.05, 3.63) is 18.0 Å². The SMILES string of the molecule is CCC(CCN)n1cc(C(=O)O)cn1. The van der Waals surface area contributed by atoms with E-state index in [2.05, 4.69) is 5.10 Å². The van der Waals surface area contributed by atoms with E-state index in [0.717, 1.165) is 12.8 Å². The summed E-state index contributed by atoms with van der Waals surface area (Å²) in [6.07, 6.45) is 4.63. The number of nitrogens with two attached hydrogens (primary N) is 1. The van der Waals surface area contributed by atoms with Gasteiger partial charge in [-0.2, -0.15) is 5.10 Å². The van der Waals surface area contributed by atoms with Gasteiger partial charge in [0.05, 0.1) is 17.8 Å². The summed E-state index contributed by atoms with van der Waals surface area (Å²) in [5.41, 5.74) is 5.67. The van der Waals surface area contributed by atoms with Gasteiger partial charge in [-0.1, -0.05) is 6.92 Å². The molecule has 0 aromatic carbocycles. The van der Waals surface area contributed by atoms with E-state index in [1.54, 1.807) is 10.9 Å². The lowest BCUT2D eigenvalue weighted by atomic mass is 10.1. The molecule has 1 unspecified atom stereocenters. The minimum atomic E-state index is -0.946. The molecule has 0 bridgehead atoms. The molecule has 1 aromatic rings. The van der Waals surface area contributed by atoms with E-state index >= 15 is 0 Å². The molecule has 0 saturated carbocycles. The molecule has 0 amide bonds. The summed E-state index contributed by atoms with van der Waals surface area (Å²) in [5, 5.41) is 12.7. The number of hydrogen-bond donors (Lipinski definition) is 2. The van der Waals surface area contributed by atoms with E-state index in [1.807, 2.05) is 6.92 Å². The molecule has 3 N–H and O–H groups in total. The van der Waals surface area contributed by atoms with Gasteiger partial charge in [-0.15, -0.1) is 0 Å². The summed E-state index contributed by atoms with van der Waals surface area (Å²) in [6.45, 7) is 2.61. The Kier molecular flexibility index (Phi) is 3.64. The Bertz CT molecular complexity index is 309. The first-order chi connectivity index (χ1) is 6.69. The number of rotatable bonds is 5. The van der Waals surface area contributed by atoms with Gasteiger partial charge in [0.25, 0.3) is 0 Å². The molecule has 0 aliphatic carbocycles. The van der Waals surface area contributed by atoms with Crippen molar-refractivity contribution in [2.24, 2.45) is 5.73 Å². The van der Waals surface area contributed by atoms with Gasteiger partial charge >= 0.3 is 5.97 Å². The largest absolute Gasteiger partial charge is 0.478 e. The van der Waals surface area contributed by atoms with Gasteiger partial charge in [-0.05, 0) is 19.4 Å². The standard InChI is InChI=1S/C9H15N3O2/c1-2-8(3-4-10)12-6-7(5-11-12)9(13)14/h5-6,8H,2-4,10H2,1H3,(H,13,14). The Morgan fingerprint density at radius 3 is 2.93 bits per heavy atom. The third-order valence-electron chi connectivity index (χ3n) is 2.19. The molecular formula is C9H15N3O2. The van der Waals surface area contributed by atoms with Crippen molar-refractivity contribution in [2.45, 2.75) is 25.8 Å². The second-order valence-electron chi connectivity index (χ2n) is 3.15. The van der Waals surface area contributed by atoms with Gasteiger partial charge < -0.3 is 10.8 Å². The molecule has 0 fully saturated rings. The first-order valence-electron chi connectivity index (χ1n) is 4.66. The fourth-order valence-electron chi connectivity index (χ4n) is 1.36. The van der Waals surface area contributed by atoms with Crippen LogP contribution in [0.2, 0.25) is 0 Å². The van der Waals surface area contributed by atoms with E-state index in [4.69, 9.17) is 10.8 Å². The van der Waals surface area contributed by atoms with Crippen LogP contribution in [0.4, 0.5) is 0 Å². The predicted molar refractivity (Wildman–Crippen MR) is 52.2 cm³/mol. The number of aromatic carboxylic acids is 1. The Labute approximate surface area is 82.5 Å². The number of carbonyl (C=O) groups is 1. The Balaban J connectivity index is 2.78. The highest BCUT2D eigenvalue weighted by molar-refractivity contribution is 5.86. The van der Waals surface area contributed by atoms with Crippen molar-refractivity contribution in [2.75, 3.05) is 6.54 Å². The van der Waals surface area contributed by atoms with Crippen LogP contribution in [0.1, 0.15) is 36.2 Å². The molecule has 1 rings (SSSR count). The van der Waals surface area contributed by atoms with Crippen molar-refractivity contribution < 1.29 is 9.90 Å². The van der Waals surface area contributed by atoms with Crippen LogP contribution in [-0.2, 0) is 0 Å². The normalized spacial score (nSPS) is 12.7.